The highest BCUT2D eigenvalue weighted by Crippen LogP contribution is 2.24. The number of ether oxygens (including phenoxy) is 1. The van der Waals surface area contributed by atoms with Crippen molar-refractivity contribution < 1.29 is 26.4 Å². The molecule has 3 aromatic rings. The van der Waals surface area contributed by atoms with Crippen LogP contribution >= 0.6 is 0 Å². The Hall–Kier alpha value is -3.25. The number of hydrogen-bond donors (Lipinski definition) is 2. The molecule has 1 fully saturated rings. The van der Waals surface area contributed by atoms with Crippen molar-refractivity contribution in [3.63, 3.8) is 0 Å². The van der Waals surface area contributed by atoms with Crippen molar-refractivity contribution >= 4 is 31.6 Å². The Kier molecular flexibility index (Phi) is 7.74. The van der Waals surface area contributed by atoms with Crippen LogP contribution in [0.25, 0.3) is 0 Å². The summed E-state index contributed by atoms with van der Waals surface area (Å²) in [5, 5.41) is 2.70. The van der Waals surface area contributed by atoms with Gasteiger partial charge in [0.1, 0.15) is 5.75 Å². The Morgan fingerprint density at radius 3 is 2.08 bits per heavy atom. The normalized spacial score (nSPS) is 13.9. The minimum Gasteiger partial charge on any atom is -0.497 e. The van der Waals surface area contributed by atoms with Gasteiger partial charge < -0.3 is 10.1 Å². The van der Waals surface area contributed by atoms with Gasteiger partial charge in [-0.2, -0.15) is 4.31 Å². The lowest BCUT2D eigenvalue weighted by Gasteiger charge is -2.22. The van der Waals surface area contributed by atoms with Crippen LogP contribution in [0.2, 0.25) is 0 Å². The number of sulfonamides is 2. The standard InChI is InChI=1S/C25H27N3O6S2/c1-34-22-11-7-19(8-12-22)17-28(18-25(29)26-20-5-3-2-4-6-20)36(32,33)24-15-13-23(14-16-24)35(30,31)27-21-9-10-21/h2-8,11-16,21,27H,9-10,17-18H2,1H3,(H,26,29). The zero-order chi connectivity index (χ0) is 25.8. The molecular weight excluding hydrogens is 502 g/mol. The van der Waals surface area contributed by atoms with Crippen molar-refractivity contribution in [3.8, 4) is 5.75 Å². The molecule has 0 saturated heterocycles. The van der Waals surface area contributed by atoms with E-state index in [1.807, 2.05) is 0 Å². The van der Waals surface area contributed by atoms with E-state index < -0.39 is 32.5 Å². The summed E-state index contributed by atoms with van der Waals surface area (Å²) in [7, 11) is -6.34. The van der Waals surface area contributed by atoms with Crippen LogP contribution in [0.3, 0.4) is 0 Å². The van der Waals surface area contributed by atoms with Crippen molar-refractivity contribution in [1.82, 2.24) is 9.03 Å². The lowest BCUT2D eigenvalue weighted by Crippen LogP contribution is -2.37. The van der Waals surface area contributed by atoms with Crippen LogP contribution < -0.4 is 14.8 Å². The number of amides is 1. The van der Waals surface area contributed by atoms with Gasteiger partial charge in [-0.1, -0.05) is 30.3 Å². The van der Waals surface area contributed by atoms with Gasteiger partial charge in [-0.3, -0.25) is 4.79 Å². The Morgan fingerprint density at radius 1 is 0.889 bits per heavy atom. The number of para-hydroxylation sites is 1. The van der Waals surface area contributed by atoms with E-state index in [-0.39, 0.29) is 22.4 Å². The number of rotatable bonds is 11. The van der Waals surface area contributed by atoms with Crippen LogP contribution in [0, 0.1) is 0 Å². The first-order valence-electron chi connectivity index (χ1n) is 11.3. The fraction of sp³-hybridized carbons (Fsp3) is 0.240. The lowest BCUT2D eigenvalue weighted by molar-refractivity contribution is -0.116. The number of anilines is 1. The van der Waals surface area contributed by atoms with Crippen LogP contribution in [0.1, 0.15) is 18.4 Å². The third-order valence-corrected chi connectivity index (χ3v) is 8.91. The van der Waals surface area contributed by atoms with E-state index in [4.69, 9.17) is 4.74 Å². The van der Waals surface area contributed by atoms with Gasteiger partial charge in [0.25, 0.3) is 0 Å². The van der Waals surface area contributed by atoms with E-state index in [0.29, 0.717) is 17.0 Å². The maximum atomic E-state index is 13.6. The van der Waals surface area contributed by atoms with Gasteiger partial charge in [-0.15, -0.1) is 0 Å². The van der Waals surface area contributed by atoms with E-state index in [9.17, 15) is 21.6 Å². The van der Waals surface area contributed by atoms with Gasteiger partial charge in [-0.05, 0) is 66.9 Å². The molecule has 36 heavy (non-hydrogen) atoms. The molecule has 0 aliphatic heterocycles. The Balaban J connectivity index is 1.58. The smallest absolute Gasteiger partial charge is 0.243 e. The number of hydrogen-bond acceptors (Lipinski definition) is 6. The fourth-order valence-corrected chi connectivity index (χ4v) is 6.16. The van der Waals surface area contributed by atoms with Crippen LogP contribution in [0.4, 0.5) is 5.69 Å². The predicted octanol–water partition coefficient (Wildman–Crippen LogP) is 2.97. The summed E-state index contributed by atoms with van der Waals surface area (Å²) in [6.07, 6.45) is 1.58. The molecule has 9 nitrogen and oxygen atoms in total. The summed E-state index contributed by atoms with van der Waals surface area (Å²) in [6, 6.07) is 20.5. The van der Waals surface area contributed by atoms with Crippen molar-refractivity contribution in [1.29, 1.82) is 0 Å². The molecule has 2 N–H and O–H groups in total. The summed E-state index contributed by atoms with van der Waals surface area (Å²) in [5.74, 6) is 0.109. The summed E-state index contributed by atoms with van der Waals surface area (Å²) in [4.78, 5) is 12.6. The third-order valence-electron chi connectivity index (χ3n) is 5.57. The Bertz CT molecular complexity index is 1400. The van der Waals surface area contributed by atoms with Gasteiger partial charge >= 0.3 is 0 Å². The molecule has 1 aliphatic rings. The van der Waals surface area contributed by atoms with E-state index in [0.717, 1.165) is 17.1 Å². The van der Waals surface area contributed by atoms with Crippen molar-refractivity contribution in [2.24, 2.45) is 0 Å². The SMILES string of the molecule is COc1ccc(CN(CC(=O)Nc2ccccc2)S(=O)(=O)c2ccc(S(=O)(=O)NC3CC3)cc2)cc1. The summed E-state index contributed by atoms with van der Waals surface area (Å²) >= 11 is 0. The Labute approximate surface area is 211 Å². The fourth-order valence-electron chi connectivity index (χ4n) is 3.47. The molecule has 0 bridgehead atoms. The highest BCUT2D eigenvalue weighted by atomic mass is 32.2. The average Bonchev–Trinajstić information content (AvgIpc) is 3.68. The van der Waals surface area contributed by atoms with Gasteiger partial charge in [0.15, 0.2) is 0 Å². The van der Waals surface area contributed by atoms with Crippen molar-refractivity contribution in [2.75, 3.05) is 19.0 Å². The molecule has 4 rings (SSSR count). The van der Waals surface area contributed by atoms with Crippen LogP contribution in [-0.2, 0) is 31.4 Å². The van der Waals surface area contributed by atoms with E-state index in [2.05, 4.69) is 10.0 Å². The highest BCUT2D eigenvalue weighted by molar-refractivity contribution is 7.89. The second-order valence-corrected chi connectivity index (χ2v) is 12.1. The first-order valence-corrected chi connectivity index (χ1v) is 14.2. The molecule has 0 spiro atoms. The molecule has 1 amide bonds. The number of methoxy groups -OCH3 is 1. The minimum atomic E-state index is -4.15. The van der Waals surface area contributed by atoms with Crippen molar-refractivity contribution in [3.05, 3.63) is 84.4 Å². The average molecular weight is 530 g/mol. The quantitative estimate of drug-likeness (QED) is 0.394. The van der Waals surface area contributed by atoms with E-state index in [1.54, 1.807) is 54.6 Å². The second-order valence-electron chi connectivity index (χ2n) is 8.40. The maximum absolute atomic E-state index is 13.6. The van der Waals surface area contributed by atoms with Crippen LogP contribution in [-0.4, -0.2) is 46.7 Å². The monoisotopic (exact) mass is 529 g/mol. The first kappa shape index (κ1) is 25.8. The number of nitrogens with zero attached hydrogens (tertiary/aromatic N) is 1. The zero-order valence-corrected chi connectivity index (χ0v) is 21.3. The van der Waals surface area contributed by atoms with Gasteiger partial charge in [0.05, 0.1) is 23.4 Å². The minimum absolute atomic E-state index is 0.0168. The first-order chi connectivity index (χ1) is 17.2. The predicted molar refractivity (Wildman–Crippen MR) is 135 cm³/mol. The molecule has 0 heterocycles. The topological polar surface area (TPSA) is 122 Å². The molecule has 1 aliphatic carbocycles. The second kappa shape index (κ2) is 10.8. The number of carbonyl (C=O) groups excluding carboxylic acids is 1. The number of benzene rings is 3. The number of nitrogens with one attached hydrogen (secondary N) is 2. The van der Waals surface area contributed by atoms with Gasteiger partial charge in [0.2, 0.25) is 26.0 Å². The summed E-state index contributed by atoms with van der Waals surface area (Å²) in [5.41, 5.74) is 1.20. The number of carbonyl (C=O) groups is 1. The van der Waals surface area contributed by atoms with E-state index >= 15 is 0 Å². The molecule has 0 unspecified atom stereocenters. The van der Waals surface area contributed by atoms with Crippen LogP contribution in [0.5, 0.6) is 5.75 Å². The molecule has 0 radical (unpaired) electrons. The molecular formula is C25H27N3O6S2. The molecule has 1 saturated carbocycles. The zero-order valence-electron chi connectivity index (χ0n) is 19.6. The van der Waals surface area contributed by atoms with Gasteiger partial charge in [0, 0.05) is 18.3 Å². The van der Waals surface area contributed by atoms with E-state index in [1.165, 1.54) is 31.4 Å². The lowest BCUT2D eigenvalue weighted by atomic mass is 10.2. The highest BCUT2D eigenvalue weighted by Gasteiger charge is 2.30. The van der Waals surface area contributed by atoms with Crippen molar-refractivity contribution in [2.45, 2.75) is 35.2 Å². The summed E-state index contributed by atoms with van der Waals surface area (Å²) < 4.78 is 60.8. The summed E-state index contributed by atoms with van der Waals surface area (Å²) in [6.45, 7) is -0.510. The molecule has 3 aromatic carbocycles. The molecule has 11 heteroatoms. The Morgan fingerprint density at radius 2 is 1.50 bits per heavy atom. The maximum Gasteiger partial charge on any atom is 0.243 e. The molecule has 0 atom stereocenters. The van der Waals surface area contributed by atoms with Gasteiger partial charge in [-0.25, -0.2) is 21.6 Å². The van der Waals surface area contributed by atoms with Crippen LogP contribution in [0.15, 0.2) is 88.7 Å². The molecule has 190 valence electrons. The third kappa shape index (κ3) is 6.49. The molecule has 0 aromatic heterocycles. The largest absolute Gasteiger partial charge is 0.497 e.